The Balaban J connectivity index is 1.83. The summed E-state index contributed by atoms with van der Waals surface area (Å²) in [5.41, 5.74) is 0. The van der Waals surface area contributed by atoms with Gasteiger partial charge in [0, 0.05) is 34.9 Å². The molecule has 2 saturated heterocycles. The number of piperidine rings is 1. The van der Waals surface area contributed by atoms with E-state index in [1.54, 1.807) is 6.26 Å². The molecule has 2 N–H and O–H groups in total. The van der Waals surface area contributed by atoms with Crippen LogP contribution in [0, 0.1) is 0 Å². The zero-order valence-electron chi connectivity index (χ0n) is 13.3. The molecule has 0 aliphatic carbocycles. The first-order valence-electron chi connectivity index (χ1n) is 8.15. The Kier molecular flexibility index (Phi) is 6.64. The molecule has 0 aromatic rings. The maximum atomic E-state index is 12.5. The summed E-state index contributed by atoms with van der Waals surface area (Å²) in [6.07, 6.45) is 6.89. The molecule has 21 heavy (non-hydrogen) atoms. The fraction of sp³-hybridized carbons (Fsp3) is 0.933. The van der Waals surface area contributed by atoms with Crippen molar-refractivity contribution in [3.63, 3.8) is 0 Å². The monoisotopic (exact) mass is 315 g/mol. The second-order valence-electron chi connectivity index (χ2n) is 6.35. The van der Waals surface area contributed by atoms with E-state index in [1.807, 2.05) is 6.92 Å². The number of nitrogens with one attached hydrogen (secondary N) is 2. The van der Waals surface area contributed by atoms with Gasteiger partial charge in [0.25, 0.3) is 0 Å². The first-order chi connectivity index (χ1) is 10.1. The van der Waals surface area contributed by atoms with Gasteiger partial charge in [-0.15, -0.1) is 0 Å². The van der Waals surface area contributed by atoms with Crippen LogP contribution in [0.2, 0.25) is 0 Å². The van der Waals surface area contributed by atoms with Crippen molar-refractivity contribution in [3.8, 4) is 0 Å². The second kappa shape index (κ2) is 8.25. The zero-order valence-corrected chi connectivity index (χ0v) is 14.1. The number of hydrogen-bond donors (Lipinski definition) is 2. The number of rotatable bonds is 6. The summed E-state index contributed by atoms with van der Waals surface area (Å²) in [5, 5.41) is 6.50. The van der Waals surface area contributed by atoms with Gasteiger partial charge < -0.3 is 10.6 Å². The first-order valence-corrected chi connectivity index (χ1v) is 9.87. The van der Waals surface area contributed by atoms with E-state index in [0.717, 1.165) is 51.7 Å². The van der Waals surface area contributed by atoms with Crippen LogP contribution in [0.1, 0.15) is 39.0 Å². The molecule has 0 saturated carbocycles. The molecule has 122 valence electrons. The Labute approximate surface area is 130 Å². The van der Waals surface area contributed by atoms with Gasteiger partial charge in [0.1, 0.15) is 0 Å². The van der Waals surface area contributed by atoms with E-state index in [4.69, 9.17) is 0 Å². The van der Waals surface area contributed by atoms with E-state index in [9.17, 15) is 9.00 Å². The molecule has 5 nitrogen and oxygen atoms in total. The molecular weight excluding hydrogens is 286 g/mol. The zero-order chi connectivity index (χ0) is 15.2. The number of carbonyl (C=O) groups is 1. The van der Waals surface area contributed by atoms with E-state index in [-0.39, 0.29) is 18.0 Å². The summed E-state index contributed by atoms with van der Waals surface area (Å²) in [6.45, 7) is 5.19. The van der Waals surface area contributed by atoms with Gasteiger partial charge in [-0.2, -0.15) is 0 Å². The number of carbonyl (C=O) groups excluding carboxylic acids is 1. The molecule has 6 heteroatoms. The van der Waals surface area contributed by atoms with Crippen molar-refractivity contribution in [2.24, 2.45) is 0 Å². The van der Waals surface area contributed by atoms with Crippen LogP contribution in [0.25, 0.3) is 0 Å². The molecule has 0 bridgehead atoms. The summed E-state index contributed by atoms with van der Waals surface area (Å²) in [4.78, 5) is 14.9. The average molecular weight is 315 g/mol. The predicted octanol–water partition coefficient (Wildman–Crippen LogP) is 0.476. The lowest BCUT2D eigenvalue weighted by Gasteiger charge is -2.35. The minimum Gasteiger partial charge on any atom is -0.352 e. The molecule has 0 radical (unpaired) electrons. The van der Waals surface area contributed by atoms with Gasteiger partial charge in [-0.05, 0) is 58.7 Å². The second-order valence-corrected chi connectivity index (χ2v) is 7.91. The van der Waals surface area contributed by atoms with Crippen molar-refractivity contribution >= 4 is 16.7 Å². The molecule has 2 heterocycles. The maximum Gasteiger partial charge on any atom is 0.237 e. The largest absolute Gasteiger partial charge is 0.352 e. The smallest absolute Gasteiger partial charge is 0.237 e. The van der Waals surface area contributed by atoms with Gasteiger partial charge in [0.05, 0.1) is 6.04 Å². The lowest BCUT2D eigenvalue weighted by Crippen LogP contribution is -2.52. The third kappa shape index (κ3) is 5.04. The number of amides is 1. The Morgan fingerprint density at radius 2 is 2.10 bits per heavy atom. The van der Waals surface area contributed by atoms with Crippen LogP contribution >= 0.6 is 0 Å². The van der Waals surface area contributed by atoms with Crippen molar-refractivity contribution in [2.45, 2.75) is 57.2 Å². The summed E-state index contributed by atoms with van der Waals surface area (Å²) in [7, 11) is -0.782. The van der Waals surface area contributed by atoms with Crippen LogP contribution < -0.4 is 10.6 Å². The van der Waals surface area contributed by atoms with Gasteiger partial charge in [-0.25, -0.2) is 0 Å². The molecular formula is C15H29N3O2S. The van der Waals surface area contributed by atoms with Crippen molar-refractivity contribution in [2.75, 3.05) is 31.6 Å². The highest BCUT2D eigenvalue weighted by molar-refractivity contribution is 7.84. The van der Waals surface area contributed by atoms with Crippen molar-refractivity contribution in [3.05, 3.63) is 0 Å². The third-order valence-corrected chi connectivity index (χ3v) is 5.41. The van der Waals surface area contributed by atoms with Crippen LogP contribution in [0.5, 0.6) is 0 Å². The Morgan fingerprint density at radius 1 is 1.38 bits per heavy atom. The van der Waals surface area contributed by atoms with Crippen molar-refractivity contribution < 1.29 is 9.00 Å². The molecule has 2 aliphatic heterocycles. The lowest BCUT2D eigenvalue weighted by atomic mass is 10.0. The summed E-state index contributed by atoms with van der Waals surface area (Å²) < 4.78 is 11.1. The highest BCUT2D eigenvalue weighted by atomic mass is 32.2. The number of nitrogens with zero attached hydrogens (tertiary/aromatic N) is 1. The molecule has 2 aliphatic rings. The Bertz CT molecular complexity index is 372. The molecule has 3 unspecified atom stereocenters. The molecule has 2 fully saturated rings. The van der Waals surface area contributed by atoms with Gasteiger partial charge in [0.15, 0.2) is 0 Å². The van der Waals surface area contributed by atoms with E-state index >= 15 is 0 Å². The lowest BCUT2D eigenvalue weighted by molar-refractivity contribution is -0.127. The highest BCUT2D eigenvalue weighted by Gasteiger charge is 2.35. The highest BCUT2D eigenvalue weighted by Crippen LogP contribution is 2.24. The Morgan fingerprint density at radius 3 is 2.76 bits per heavy atom. The maximum absolute atomic E-state index is 12.5. The number of likely N-dealkylation sites (tertiary alicyclic amines) is 1. The van der Waals surface area contributed by atoms with E-state index < -0.39 is 10.8 Å². The summed E-state index contributed by atoms with van der Waals surface area (Å²) >= 11 is 0. The summed E-state index contributed by atoms with van der Waals surface area (Å²) in [5.74, 6) is 0.824. The van der Waals surface area contributed by atoms with Crippen molar-refractivity contribution in [1.29, 1.82) is 0 Å². The fourth-order valence-corrected chi connectivity index (χ4v) is 4.09. The van der Waals surface area contributed by atoms with Crippen LogP contribution in [0.4, 0.5) is 0 Å². The van der Waals surface area contributed by atoms with Gasteiger partial charge in [-0.3, -0.25) is 13.9 Å². The van der Waals surface area contributed by atoms with Gasteiger partial charge in [-0.1, -0.05) is 0 Å². The van der Waals surface area contributed by atoms with Crippen molar-refractivity contribution in [1.82, 2.24) is 15.5 Å². The van der Waals surface area contributed by atoms with Crippen LogP contribution in [0.15, 0.2) is 0 Å². The average Bonchev–Trinajstić information content (AvgIpc) is 2.95. The van der Waals surface area contributed by atoms with E-state index in [2.05, 4.69) is 15.5 Å². The SMILES string of the molecule is CC(CCS(C)=O)NC(=O)C1CCCN1C1CCNCC1. The molecule has 1 amide bonds. The standard InChI is InChI=1S/C15H29N3O2S/c1-12(7-11-21(2)20)17-15(19)14-4-3-10-18(14)13-5-8-16-9-6-13/h12-14,16H,3-11H2,1-2H3,(H,17,19). The van der Waals surface area contributed by atoms with Gasteiger partial charge in [0.2, 0.25) is 5.91 Å². The number of hydrogen-bond acceptors (Lipinski definition) is 4. The third-order valence-electron chi connectivity index (χ3n) is 4.60. The quantitative estimate of drug-likeness (QED) is 0.748. The molecule has 2 rings (SSSR count). The Hall–Kier alpha value is -0.460. The van der Waals surface area contributed by atoms with Gasteiger partial charge >= 0.3 is 0 Å². The minimum atomic E-state index is -0.782. The fourth-order valence-electron chi connectivity index (χ4n) is 3.40. The molecule has 0 aromatic heterocycles. The molecule has 0 spiro atoms. The predicted molar refractivity (Wildman–Crippen MR) is 86.8 cm³/mol. The van der Waals surface area contributed by atoms with E-state index in [0.29, 0.717) is 11.8 Å². The topological polar surface area (TPSA) is 61.4 Å². The van der Waals surface area contributed by atoms with Crippen LogP contribution in [-0.4, -0.2) is 64.8 Å². The molecule has 3 atom stereocenters. The minimum absolute atomic E-state index is 0.0441. The van der Waals surface area contributed by atoms with E-state index in [1.165, 1.54) is 0 Å². The summed E-state index contributed by atoms with van der Waals surface area (Å²) in [6, 6.07) is 0.711. The van der Waals surface area contributed by atoms with Crippen LogP contribution in [0.3, 0.4) is 0 Å². The first kappa shape index (κ1) is 16.9. The molecule has 0 aromatic carbocycles. The van der Waals surface area contributed by atoms with Crippen LogP contribution in [-0.2, 0) is 15.6 Å². The normalized spacial score (nSPS) is 27.4.